The Morgan fingerprint density at radius 2 is 2.09 bits per heavy atom. The van der Waals surface area contributed by atoms with Crippen LogP contribution in [0.4, 0.5) is 0 Å². The van der Waals surface area contributed by atoms with Gasteiger partial charge in [0.2, 0.25) is 0 Å². The smallest absolute Gasteiger partial charge is 0.270 e. The first kappa shape index (κ1) is 15.0. The zero-order chi connectivity index (χ0) is 15.7. The normalized spacial score (nSPS) is 20.3. The van der Waals surface area contributed by atoms with E-state index in [0.717, 1.165) is 51.3 Å². The van der Waals surface area contributed by atoms with Crippen molar-refractivity contribution in [3.63, 3.8) is 0 Å². The minimum Gasteiger partial charge on any atom is -0.338 e. The molecular weight excluding hydrogens is 306 g/mol. The fourth-order valence-electron chi connectivity index (χ4n) is 3.88. The Morgan fingerprint density at radius 3 is 2.78 bits per heavy atom. The molecule has 2 saturated heterocycles. The number of carbonyl (C=O) groups is 1. The van der Waals surface area contributed by atoms with Gasteiger partial charge in [0.15, 0.2) is 0 Å². The second-order valence-corrected chi connectivity index (χ2v) is 7.85. The zero-order valence-electron chi connectivity index (χ0n) is 13.3. The summed E-state index contributed by atoms with van der Waals surface area (Å²) in [6, 6.07) is 8.12. The van der Waals surface area contributed by atoms with Gasteiger partial charge >= 0.3 is 0 Å². The van der Waals surface area contributed by atoms with E-state index in [0.29, 0.717) is 5.41 Å². The third kappa shape index (κ3) is 2.95. The number of rotatable bonds is 3. The summed E-state index contributed by atoms with van der Waals surface area (Å²) in [5.41, 5.74) is 1.27. The first-order valence-corrected chi connectivity index (χ1v) is 9.31. The maximum atomic E-state index is 12.9. The van der Waals surface area contributed by atoms with Crippen LogP contribution < -0.4 is 5.32 Å². The maximum Gasteiger partial charge on any atom is 0.270 e. The van der Waals surface area contributed by atoms with Gasteiger partial charge in [0.25, 0.3) is 5.91 Å². The second-order valence-electron chi connectivity index (χ2n) is 6.82. The highest BCUT2D eigenvalue weighted by atomic mass is 32.1. The van der Waals surface area contributed by atoms with Crippen molar-refractivity contribution in [2.24, 2.45) is 5.41 Å². The molecule has 2 aromatic heterocycles. The molecule has 2 fully saturated rings. The van der Waals surface area contributed by atoms with Crippen LogP contribution in [0.5, 0.6) is 0 Å². The Morgan fingerprint density at radius 1 is 1.22 bits per heavy atom. The average Bonchev–Trinajstić information content (AvgIpc) is 3.31. The summed E-state index contributed by atoms with van der Waals surface area (Å²) in [4.78, 5) is 16.2. The molecule has 4 nitrogen and oxygen atoms in total. The summed E-state index contributed by atoms with van der Waals surface area (Å²) >= 11 is 1.74. The van der Waals surface area contributed by atoms with Crippen LogP contribution in [0, 0.1) is 5.41 Å². The number of carbonyl (C=O) groups excluding carboxylic acids is 1. The van der Waals surface area contributed by atoms with Crippen LogP contribution in [-0.4, -0.2) is 41.6 Å². The van der Waals surface area contributed by atoms with E-state index >= 15 is 0 Å². The van der Waals surface area contributed by atoms with Gasteiger partial charge in [0, 0.05) is 30.7 Å². The van der Waals surface area contributed by atoms with Crippen molar-refractivity contribution in [3.8, 4) is 0 Å². The molecular formula is C18H23N3OS. The first-order chi connectivity index (χ1) is 11.3. The quantitative estimate of drug-likeness (QED) is 0.940. The number of thiophene rings is 1. The number of aromatic nitrogens is 1. The van der Waals surface area contributed by atoms with Crippen LogP contribution in [0.3, 0.4) is 0 Å². The van der Waals surface area contributed by atoms with E-state index in [-0.39, 0.29) is 5.91 Å². The molecule has 0 atom stereocenters. The standard InChI is InChI=1S/C18H23N3OS/c22-17(20-10-6-18(7-11-20)5-8-19-14-18)16-4-1-9-21(16)13-15-3-2-12-23-15/h1-4,9,12,19H,5-8,10-11,13-14H2. The molecule has 2 aromatic rings. The lowest BCUT2D eigenvalue weighted by atomic mass is 9.78. The van der Waals surface area contributed by atoms with Crippen molar-refractivity contribution < 1.29 is 4.79 Å². The Hall–Kier alpha value is -1.59. The number of nitrogens with zero attached hydrogens (tertiary/aromatic N) is 2. The highest BCUT2D eigenvalue weighted by Crippen LogP contribution is 2.37. The van der Waals surface area contributed by atoms with Crippen molar-refractivity contribution in [2.75, 3.05) is 26.2 Å². The van der Waals surface area contributed by atoms with Gasteiger partial charge in [-0.25, -0.2) is 0 Å². The monoisotopic (exact) mass is 329 g/mol. The minimum atomic E-state index is 0.187. The van der Waals surface area contributed by atoms with Crippen LogP contribution in [0.2, 0.25) is 0 Å². The van der Waals surface area contributed by atoms with Gasteiger partial charge in [-0.2, -0.15) is 0 Å². The summed E-state index contributed by atoms with van der Waals surface area (Å²) < 4.78 is 2.08. The molecule has 0 aromatic carbocycles. The van der Waals surface area contributed by atoms with Gasteiger partial charge in [0.05, 0.1) is 6.54 Å². The van der Waals surface area contributed by atoms with Crippen molar-refractivity contribution in [2.45, 2.75) is 25.8 Å². The largest absolute Gasteiger partial charge is 0.338 e. The molecule has 122 valence electrons. The number of amides is 1. The summed E-state index contributed by atoms with van der Waals surface area (Å²) in [7, 11) is 0. The van der Waals surface area contributed by atoms with Crippen molar-refractivity contribution in [1.82, 2.24) is 14.8 Å². The predicted octanol–water partition coefficient (Wildman–Crippen LogP) is 2.81. The summed E-state index contributed by atoms with van der Waals surface area (Å²) in [5.74, 6) is 0.187. The number of hydrogen-bond acceptors (Lipinski definition) is 3. The molecule has 5 heteroatoms. The topological polar surface area (TPSA) is 37.3 Å². The van der Waals surface area contributed by atoms with E-state index < -0.39 is 0 Å². The number of hydrogen-bond donors (Lipinski definition) is 1. The van der Waals surface area contributed by atoms with Gasteiger partial charge in [-0.3, -0.25) is 4.79 Å². The van der Waals surface area contributed by atoms with E-state index in [1.54, 1.807) is 11.3 Å². The van der Waals surface area contributed by atoms with Crippen LogP contribution in [0.1, 0.15) is 34.6 Å². The molecule has 1 N–H and O–H groups in total. The lowest BCUT2D eigenvalue weighted by Gasteiger charge is -2.38. The molecule has 0 radical (unpaired) electrons. The molecule has 0 aliphatic carbocycles. The number of piperidine rings is 1. The lowest BCUT2D eigenvalue weighted by molar-refractivity contribution is 0.0598. The summed E-state index contributed by atoms with van der Waals surface area (Å²) in [5, 5.41) is 5.57. The fourth-order valence-corrected chi connectivity index (χ4v) is 4.59. The Balaban J connectivity index is 1.44. The lowest BCUT2D eigenvalue weighted by Crippen LogP contribution is -2.44. The zero-order valence-corrected chi connectivity index (χ0v) is 14.1. The molecule has 4 rings (SSSR count). The van der Waals surface area contributed by atoms with Crippen LogP contribution >= 0.6 is 11.3 Å². The van der Waals surface area contributed by atoms with E-state index in [4.69, 9.17) is 0 Å². The minimum absolute atomic E-state index is 0.187. The maximum absolute atomic E-state index is 12.9. The van der Waals surface area contributed by atoms with E-state index in [2.05, 4.69) is 27.4 Å². The molecule has 23 heavy (non-hydrogen) atoms. The molecule has 0 bridgehead atoms. The van der Waals surface area contributed by atoms with Gasteiger partial charge in [-0.05, 0) is 54.8 Å². The van der Waals surface area contributed by atoms with Crippen molar-refractivity contribution in [3.05, 3.63) is 46.4 Å². The van der Waals surface area contributed by atoms with Crippen molar-refractivity contribution >= 4 is 17.2 Å². The predicted molar refractivity (Wildman–Crippen MR) is 92.9 cm³/mol. The summed E-state index contributed by atoms with van der Waals surface area (Å²) in [6.45, 7) is 4.84. The Kier molecular flexibility index (Phi) is 3.99. The van der Waals surface area contributed by atoms with Crippen molar-refractivity contribution in [1.29, 1.82) is 0 Å². The third-order valence-corrected chi connectivity index (χ3v) is 6.26. The number of likely N-dealkylation sites (tertiary alicyclic amines) is 1. The van der Waals surface area contributed by atoms with E-state index in [9.17, 15) is 4.79 Å². The second kappa shape index (κ2) is 6.13. The van der Waals surface area contributed by atoms with Gasteiger partial charge in [0.1, 0.15) is 5.69 Å². The Bertz CT molecular complexity index is 660. The molecule has 1 amide bonds. The molecule has 2 aliphatic rings. The highest BCUT2D eigenvalue weighted by Gasteiger charge is 2.38. The summed E-state index contributed by atoms with van der Waals surface area (Å²) in [6.07, 6.45) is 5.55. The first-order valence-electron chi connectivity index (χ1n) is 8.43. The van der Waals surface area contributed by atoms with Gasteiger partial charge in [-0.1, -0.05) is 6.07 Å². The average molecular weight is 329 g/mol. The van der Waals surface area contributed by atoms with Gasteiger partial charge < -0.3 is 14.8 Å². The van der Waals surface area contributed by atoms with Crippen LogP contribution in [0.25, 0.3) is 0 Å². The van der Waals surface area contributed by atoms with E-state index in [1.807, 2.05) is 23.2 Å². The highest BCUT2D eigenvalue weighted by molar-refractivity contribution is 7.09. The van der Waals surface area contributed by atoms with Crippen LogP contribution in [-0.2, 0) is 6.54 Å². The van der Waals surface area contributed by atoms with Gasteiger partial charge in [-0.15, -0.1) is 11.3 Å². The molecule has 2 aliphatic heterocycles. The SMILES string of the molecule is O=C(c1cccn1Cc1cccs1)N1CCC2(CCNC2)CC1. The fraction of sp³-hybridized carbons (Fsp3) is 0.500. The van der Waals surface area contributed by atoms with Crippen LogP contribution in [0.15, 0.2) is 35.8 Å². The molecule has 0 unspecified atom stereocenters. The Labute approximate surface area is 141 Å². The third-order valence-electron chi connectivity index (χ3n) is 5.40. The molecule has 4 heterocycles. The van der Waals surface area contributed by atoms with E-state index in [1.165, 1.54) is 11.3 Å². The number of nitrogens with one attached hydrogen (secondary N) is 1. The molecule has 0 saturated carbocycles. The molecule has 1 spiro atoms.